The largest absolute Gasteiger partial charge is 0.481 e. The maximum Gasteiger partial charge on any atom is 0.308 e. The van der Waals surface area contributed by atoms with Gasteiger partial charge in [-0.1, -0.05) is 73.5 Å². The molecule has 5 aliphatic rings. The lowest BCUT2D eigenvalue weighted by molar-refractivity contribution is -0.336. The van der Waals surface area contributed by atoms with Crippen molar-refractivity contribution in [2.24, 2.45) is 50.7 Å². The van der Waals surface area contributed by atoms with Crippen LogP contribution in [-0.2, 0) is 28.6 Å². The minimum atomic E-state index is -1.61. The van der Waals surface area contributed by atoms with E-state index in [-0.39, 0.29) is 30.0 Å². The fourth-order valence-corrected chi connectivity index (χ4v) is 11.8. The number of aliphatic hydroxyl groups is 4. The zero-order chi connectivity index (χ0) is 36.8. The van der Waals surface area contributed by atoms with Crippen molar-refractivity contribution in [1.82, 2.24) is 0 Å². The maximum absolute atomic E-state index is 14.4. The first-order valence-electron chi connectivity index (χ1n) is 18.2. The molecular formula is C38H60O11. The predicted octanol–water partition coefficient (Wildman–Crippen LogP) is 4.02. The van der Waals surface area contributed by atoms with E-state index in [0.29, 0.717) is 25.7 Å². The van der Waals surface area contributed by atoms with Crippen LogP contribution in [0, 0.1) is 50.7 Å². The highest BCUT2D eigenvalue weighted by atomic mass is 16.7. The molecule has 11 nitrogen and oxygen atoms in total. The minimum absolute atomic E-state index is 0.00851. The number of carbonyl (C=O) groups is 3. The smallest absolute Gasteiger partial charge is 0.308 e. The lowest BCUT2D eigenvalue weighted by Crippen LogP contribution is -2.67. The van der Waals surface area contributed by atoms with E-state index in [1.807, 2.05) is 27.7 Å². The first-order chi connectivity index (χ1) is 22.5. The van der Waals surface area contributed by atoms with Gasteiger partial charge in [0.1, 0.15) is 42.4 Å². The molecule has 1 heterocycles. The second kappa shape index (κ2) is 12.7. The first-order valence-corrected chi connectivity index (χ1v) is 18.2. The molecule has 1 saturated heterocycles. The van der Waals surface area contributed by atoms with E-state index in [9.17, 15) is 39.9 Å². The number of carboxylic acid groups (broad SMARTS) is 1. The third kappa shape index (κ3) is 5.47. The second-order valence-corrected chi connectivity index (χ2v) is 17.8. The van der Waals surface area contributed by atoms with Gasteiger partial charge in [-0.2, -0.15) is 0 Å². The van der Waals surface area contributed by atoms with Crippen molar-refractivity contribution in [3.63, 3.8) is 0 Å². The van der Waals surface area contributed by atoms with Crippen molar-refractivity contribution in [3.8, 4) is 0 Å². The highest BCUT2D eigenvalue weighted by Crippen LogP contribution is 2.73. The van der Waals surface area contributed by atoms with Gasteiger partial charge < -0.3 is 39.7 Å². The van der Waals surface area contributed by atoms with Crippen molar-refractivity contribution in [2.75, 3.05) is 6.61 Å². The van der Waals surface area contributed by atoms with E-state index < -0.39 is 94.5 Å². The predicted molar refractivity (Wildman–Crippen MR) is 179 cm³/mol. The third-order valence-corrected chi connectivity index (χ3v) is 14.9. The molecule has 4 aliphatic carbocycles. The van der Waals surface area contributed by atoms with E-state index in [2.05, 4.69) is 34.6 Å². The molecule has 49 heavy (non-hydrogen) atoms. The Labute approximate surface area is 290 Å². The molecule has 3 fully saturated rings. The Morgan fingerprint density at radius 1 is 0.959 bits per heavy atom. The van der Waals surface area contributed by atoms with Crippen LogP contribution in [0.25, 0.3) is 0 Å². The molecule has 0 radical (unpaired) electrons. The number of ether oxygens (including phenoxy) is 3. The monoisotopic (exact) mass is 692 g/mol. The number of ketones is 1. The van der Waals surface area contributed by atoms with Crippen LogP contribution in [0.2, 0.25) is 0 Å². The van der Waals surface area contributed by atoms with Crippen LogP contribution in [0.5, 0.6) is 0 Å². The fraction of sp³-hybridized carbons (Fsp3) is 0.868. The molecule has 278 valence electrons. The van der Waals surface area contributed by atoms with Crippen LogP contribution in [0.3, 0.4) is 0 Å². The Morgan fingerprint density at radius 3 is 2.14 bits per heavy atom. The summed E-state index contributed by atoms with van der Waals surface area (Å²) in [7, 11) is 0. The number of hydrogen-bond acceptors (Lipinski definition) is 10. The highest BCUT2D eigenvalue weighted by Gasteiger charge is 2.71. The molecule has 2 saturated carbocycles. The summed E-state index contributed by atoms with van der Waals surface area (Å²) >= 11 is 0. The normalized spacial score (nSPS) is 47.2. The number of carboxylic acids is 1. The number of carbonyl (C=O) groups excluding carboxylic acids is 2. The van der Waals surface area contributed by atoms with Gasteiger partial charge in [0.2, 0.25) is 0 Å². The van der Waals surface area contributed by atoms with E-state index in [1.165, 1.54) is 18.1 Å². The van der Waals surface area contributed by atoms with Crippen molar-refractivity contribution in [1.29, 1.82) is 0 Å². The van der Waals surface area contributed by atoms with E-state index in [0.717, 1.165) is 6.42 Å². The summed E-state index contributed by atoms with van der Waals surface area (Å²) in [5.41, 5.74) is -1.10. The second-order valence-electron chi connectivity index (χ2n) is 17.8. The zero-order valence-electron chi connectivity index (χ0n) is 31.0. The van der Waals surface area contributed by atoms with Crippen molar-refractivity contribution >= 4 is 17.7 Å². The molecule has 1 unspecified atom stereocenters. The van der Waals surface area contributed by atoms with Gasteiger partial charge in [0.05, 0.1) is 12.5 Å². The topological polar surface area (TPSA) is 180 Å². The van der Waals surface area contributed by atoms with Gasteiger partial charge in [-0.3, -0.25) is 14.4 Å². The molecule has 5 N–H and O–H groups in total. The Balaban J connectivity index is 1.57. The van der Waals surface area contributed by atoms with Crippen molar-refractivity contribution in [2.45, 2.75) is 151 Å². The van der Waals surface area contributed by atoms with E-state index in [1.54, 1.807) is 0 Å². The van der Waals surface area contributed by atoms with Crippen LogP contribution in [-0.4, -0.2) is 92.8 Å². The Morgan fingerprint density at radius 2 is 1.59 bits per heavy atom. The van der Waals surface area contributed by atoms with E-state index >= 15 is 0 Å². The number of aliphatic carboxylic acids is 1. The number of Topliss-reactive ketones (excluding diaryl/α,β-unsaturated/α-hetero) is 1. The number of esters is 1. The average Bonchev–Trinajstić information content (AvgIpc) is 2.99. The summed E-state index contributed by atoms with van der Waals surface area (Å²) in [6, 6.07) is 0. The van der Waals surface area contributed by atoms with Crippen LogP contribution in [0.15, 0.2) is 11.1 Å². The standard InChI is InChI=1S/C38H60O11/c1-18(2)19(3)38(10)26(41)16-37(9)22-11-12-25-34(5,6)31(49-33-29(44)28(43)27(42)24(17-39)48-33)23(47-20(4)40)15-35(25,7)21(22)13-14-36(37,8)30(38)32(45)46/h18-19,23-25,27-31,33,39,42-44H,11-17H2,1-10H3,(H,45,46)/t19?,23-,24-,25+,27-,28+,29-,30-,31+,33+,35-,36+,37-,38+/m1/s1. The van der Waals surface area contributed by atoms with Crippen molar-refractivity contribution < 1.29 is 54.1 Å². The summed E-state index contributed by atoms with van der Waals surface area (Å²) in [6.45, 7) is 19.3. The van der Waals surface area contributed by atoms with Gasteiger partial charge in [-0.15, -0.1) is 0 Å². The Kier molecular flexibility index (Phi) is 9.90. The van der Waals surface area contributed by atoms with Gasteiger partial charge in [0.15, 0.2) is 6.29 Å². The van der Waals surface area contributed by atoms with Crippen molar-refractivity contribution in [3.05, 3.63) is 11.1 Å². The molecular weight excluding hydrogens is 632 g/mol. The molecule has 0 bridgehead atoms. The fourth-order valence-electron chi connectivity index (χ4n) is 11.8. The zero-order valence-corrected chi connectivity index (χ0v) is 31.0. The van der Waals surface area contributed by atoms with Gasteiger partial charge >= 0.3 is 11.9 Å². The number of hydrogen-bond donors (Lipinski definition) is 5. The van der Waals surface area contributed by atoms with Crippen LogP contribution >= 0.6 is 0 Å². The molecule has 1 aliphatic heterocycles. The van der Waals surface area contributed by atoms with E-state index in [4.69, 9.17) is 14.2 Å². The SMILES string of the molecule is CC(=O)O[C@@H]1C[C@]2(C)C3=C(CC[C@H]2C(C)(C)[C@H]1O[C@@H]1O[C@H](CO)[C@@H](O)[C@H](O)[C@H]1O)[C@@]1(C)CC(=O)[C@](C)(C(C)C(C)C)[C@H](C(=O)O)[C@]1(C)CC3. The van der Waals surface area contributed by atoms with Crippen LogP contribution in [0.4, 0.5) is 0 Å². The summed E-state index contributed by atoms with van der Waals surface area (Å²) in [5, 5.41) is 52.3. The van der Waals surface area contributed by atoms with Gasteiger partial charge in [0, 0.05) is 24.2 Å². The lowest BCUT2D eigenvalue weighted by Gasteiger charge is -2.67. The highest BCUT2D eigenvalue weighted by molar-refractivity contribution is 5.93. The molecule has 0 aromatic heterocycles. The maximum atomic E-state index is 14.4. The summed E-state index contributed by atoms with van der Waals surface area (Å²) in [4.78, 5) is 40.3. The molecule has 5 rings (SSSR count). The number of aliphatic hydroxyl groups excluding tert-OH is 4. The number of rotatable bonds is 7. The average molecular weight is 693 g/mol. The quantitative estimate of drug-likeness (QED) is 0.192. The number of fused-ring (bicyclic) bond motifs is 4. The molecule has 0 aromatic rings. The molecule has 11 heteroatoms. The molecule has 0 amide bonds. The van der Waals surface area contributed by atoms with Crippen LogP contribution in [0.1, 0.15) is 108 Å². The third-order valence-electron chi connectivity index (χ3n) is 14.9. The first kappa shape index (κ1) is 38.3. The number of allylic oxidation sites excluding steroid dienone is 2. The summed E-state index contributed by atoms with van der Waals surface area (Å²) in [6.07, 6.45) is -5.48. The summed E-state index contributed by atoms with van der Waals surface area (Å²) < 4.78 is 18.2. The molecule has 0 aromatic carbocycles. The lowest BCUT2D eigenvalue weighted by atomic mass is 9.36. The molecule has 0 spiro atoms. The van der Waals surface area contributed by atoms with Gasteiger partial charge in [0.25, 0.3) is 0 Å². The Hall–Kier alpha value is -1.89. The minimum Gasteiger partial charge on any atom is -0.481 e. The Bertz CT molecular complexity index is 1370. The summed E-state index contributed by atoms with van der Waals surface area (Å²) in [5.74, 6) is -2.23. The van der Waals surface area contributed by atoms with Gasteiger partial charge in [-0.05, 0) is 66.1 Å². The van der Waals surface area contributed by atoms with Crippen LogP contribution < -0.4 is 0 Å². The van der Waals surface area contributed by atoms with Gasteiger partial charge in [-0.25, -0.2) is 0 Å². The molecule has 14 atom stereocenters.